The van der Waals surface area contributed by atoms with Crippen LogP contribution in [0, 0.1) is 0 Å². The van der Waals surface area contributed by atoms with Gasteiger partial charge in [-0.05, 0) is 30.7 Å². The first-order valence-electron chi connectivity index (χ1n) is 6.11. The number of hydrogen-bond donors (Lipinski definition) is 1. The number of aromatic nitrogens is 2. The smallest absolute Gasteiger partial charge is 0.203 e. The molecule has 0 saturated carbocycles. The molecule has 0 bridgehead atoms. The number of nitrogens with one attached hydrogen (secondary N) is 1. The normalized spacial score (nSPS) is 19.9. The number of fused-ring (bicyclic) bond motifs is 1. The van der Waals surface area contributed by atoms with Crippen molar-refractivity contribution in [3.05, 3.63) is 24.3 Å². The minimum absolute atomic E-state index is 0.759. The third-order valence-electron chi connectivity index (χ3n) is 3.30. The van der Waals surface area contributed by atoms with Crippen LogP contribution in [-0.2, 0) is 7.05 Å². The maximum absolute atomic E-state index is 4.62. The summed E-state index contributed by atoms with van der Waals surface area (Å²) < 4.78 is 2.13. The Balaban J connectivity index is 1.78. The Morgan fingerprint density at radius 2 is 2.35 bits per heavy atom. The SMILES string of the molecule is Cn1c(NCC2CCCS2)nc2ccccc21. The fraction of sp³-hybridized carbons (Fsp3) is 0.462. The van der Waals surface area contributed by atoms with Crippen molar-refractivity contribution >= 4 is 28.7 Å². The minimum atomic E-state index is 0.759. The second-order valence-corrected chi connectivity index (χ2v) is 5.91. The van der Waals surface area contributed by atoms with Crippen molar-refractivity contribution in [2.24, 2.45) is 7.05 Å². The molecule has 90 valence electrons. The molecule has 1 aliphatic heterocycles. The highest BCUT2D eigenvalue weighted by molar-refractivity contribution is 8.00. The molecule has 1 aromatic carbocycles. The van der Waals surface area contributed by atoms with Crippen LogP contribution < -0.4 is 5.32 Å². The van der Waals surface area contributed by atoms with Crippen LogP contribution in [0.4, 0.5) is 5.95 Å². The number of anilines is 1. The van der Waals surface area contributed by atoms with Gasteiger partial charge < -0.3 is 9.88 Å². The van der Waals surface area contributed by atoms with Crippen LogP contribution in [0.3, 0.4) is 0 Å². The van der Waals surface area contributed by atoms with Gasteiger partial charge in [0.25, 0.3) is 0 Å². The molecule has 1 atom stereocenters. The molecule has 17 heavy (non-hydrogen) atoms. The lowest BCUT2D eigenvalue weighted by atomic mass is 10.2. The van der Waals surface area contributed by atoms with Crippen LogP contribution in [0.1, 0.15) is 12.8 Å². The molecule has 1 saturated heterocycles. The van der Waals surface area contributed by atoms with Crippen molar-refractivity contribution in [1.29, 1.82) is 0 Å². The first-order chi connectivity index (χ1) is 8.34. The van der Waals surface area contributed by atoms with Gasteiger partial charge in [0.05, 0.1) is 11.0 Å². The zero-order chi connectivity index (χ0) is 11.7. The Kier molecular flexibility index (Phi) is 2.97. The van der Waals surface area contributed by atoms with Gasteiger partial charge in [-0.25, -0.2) is 4.98 Å². The lowest BCUT2D eigenvalue weighted by molar-refractivity contribution is 0.795. The second kappa shape index (κ2) is 4.61. The Hall–Kier alpha value is -1.16. The first kappa shape index (κ1) is 11.0. The lowest BCUT2D eigenvalue weighted by Crippen LogP contribution is -2.15. The zero-order valence-electron chi connectivity index (χ0n) is 10.0. The van der Waals surface area contributed by atoms with Crippen molar-refractivity contribution in [1.82, 2.24) is 9.55 Å². The summed E-state index contributed by atoms with van der Waals surface area (Å²) in [4.78, 5) is 4.62. The molecule has 1 aromatic heterocycles. The molecule has 1 unspecified atom stereocenters. The summed E-state index contributed by atoms with van der Waals surface area (Å²) in [7, 11) is 2.07. The Bertz CT molecular complexity index is 514. The van der Waals surface area contributed by atoms with Gasteiger partial charge in [-0.2, -0.15) is 11.8 Å². The number of para-hydroxylation sites is 2. The third kappa shape index (κ3) is 2.14. The number of nitrogens with zero attached hydrogens (tertiary/aromatic N) is 2. The molecular formula is C13H17N3S. The van der Waals surface area contributed by atoms with Crippen molar-refractivity contribution in [2.75, 3.05) is 17.6 Å². The molecule has 0 aliphatic carbocycles. The van der Waals surface area contributed by atoms with E-state index in [0.717, 1.165) is 23.3 Å². The molecule has 2 aromatic rings. The summed E-state index contributed by atoms with van der Waals surface area (Å²) in [5.41, 5.74) is 2.26. The maximum Gasteiger partial charge on any atom is 0.203 e. The molecule has 4 heteroatoms. The molecular weight excluding hydrogens is 230 g/mol. The van der Waals surface area contributed by atoms with Crippen molar-refractivity contribution in [2.45, 2.75) is 18.1 Å². The molecule has 1 N–H and O–H groups in total. The summed E-state index contributed by atoms with van der Waals surface area (Å²) in [5.74, 6) is 2.30. The number of thioether (sulfide) groups is 1. The predicted molar refractivity (Wildman–Crippen MR) is 74.7 cm³/mol. The molecule has 3 nitrogen and oxygen atoms in total. The zero-order valence-corrected chi connectivity index (χ0v) is 10.8. The van der Waals surface area contributed by atoms with E-state index in [1.165, 1.54) is 24.1 Å². The van der Waals surface area contributed by atoms with Crippen LogP contribution in [-0.4, -0.2) is 27.1 Å². The molecule has 0 radical (unpaired) electrons. The highest BCUT2D eigenvalue weighted by Crippen LogP contribution is 2.26. The number of rotatable bonds is 3. The molecule has 3 rings (SSSR count). The van der Waals surface area contributed by atoms with Crippen LogP contribution in [0.15, 0.2) is 24.3 Å². The quantitative estimate of drug-likeness (QED) is 0.904. The first-order valence-corrected chi connectivity index (χ1v) is 7.16. The van der Waals surface area contributed by atoms with Gasteiger partial charge in [0.1, 0.15) is 0 Å². The summed E-state index contributed by atoms with van der Waals surface area (Å²) in [5, 5.41) is 4.23. The second-order valence-electron chi connectivity index (χ2n) is 4.50. The number of imidazole rings is 1. The predicted octanol–water partition coefficient (Wildman–Crippen LogP) is 2.88. The largest absolute Gasteiger partial charge is 0.355 e. The van der Waals surface area contributed by atoms with Crippen molar-refractivity contribution in [3.8, 4) is 0 Å². The van der Waals surface area contributed by atoms with Gasteiger partial charge in [0.15, 0.2) is 0 Å². The fourth-order valence-corrected chi connectivity index (χ4v) is 3.52. The van der Waals surface area contributed by atoms with E-state index in [2.05, 4.69) is 51.9 Å². The van der Waals surface area contributed by atoms with Gasteiger partial charge in [0.2, 0.25) is 5.95 Å². The average Bonchev–Trinajstić information content (AvgIpc) is 2.96. The van der Waals surface area contributed by atoms with E-state index in [1.54, 1.807) is 0 Å². The highest BCUT2D eigenvalue weighted by atomic mass is 32.2. The van der Waals surface area contributed by atoms with Gasteiger partial charge in [-0.15, -0.1) is 0 Å². The summed E-state index contributed by atoms with van der Waals surface area (Å²) in [6, 6.07) is 8.26. The highest BCUT2D eigenvalue weighted by Gasteiger charge is 2.16. The van der Waals surface area contributed by atoms with Crippen LogP contribution in [0.25, 0.3) is 11.0 Å². The van der Waals surface area contributed by atoms with E-state index < -0.39 is 0 Å². The van der Waals surface area contributed by atoms with Crippen LogP contribution in [0.2, 0.25) is 0 Å². The van der Waals surface area contributed by atoms with Gasteiger partial charge in [-0.3, -0.25) is 0 Å². The maximum atomic E-state index is 4.62. The fourth-order valence-electron chi connectivity index (χ4n) is 2.31. The summed E-state index contributed by atoms with van der Waals surface area (Å²) in [6.07, 6.45) is 2.70. The van der Waals surface area contributed by atoms with Crippen LogP contribution in [0.5, 0.6) is 0 Å². The van der Waals surface area contributed by atoms with Gasteiger partial charge >= 0.3 is 0 Å². The number of aryl methyl sites for hydroxylation is 1. The van der Waals surface area contributed by atoms with E-state index in [-0.39, 0.29) is 0 Å². The van der Waals surface area contributed by atoms with Crippen molar-refractivity contribution < 1.29 is 0 Å². The minimum Gasteiger partial charge on any atom is -0.355 e. The van der Waals surface area contributed by atoms with E-state index in [9.17, 15) is 0 Å². The molecule has 2 heterocycles. The van der Waals surface area contributed by atoms with E-state index in [0.29, 0.717) is 0 Å². The number of benzene rings is 1. The Morgan fingerprint density at radius 3 is 3.12 bits per heavy atom. The molecule has 1 fully saturated rings. The van der Waals surface area contributed by atoms with E-state index in [4.69, 9.17) is 0 Å². The van der Waals surface area contributed by atoms with Crippen molar-refractivity contribution in [3.63, 3.8) is 0 Å². The monoisotopic (exact) mass is 247 g/mol. The van der Waals surface area contributed by atoms with E-state index >= 15 is 0 Å². The summed E-state index contributed by atoms with van der Waals surface area (Å²) >= 11 is 2.07. The summed E-state index contributed by atoms with van der Waals surface area (Å²) in [6.45, 7) is 1.03. The molecule has 0 spiro atoms. The topological polar surface area (TPSA) is 29.9 Å². The Morgan fingerprint density at radius 1 is 1.47 bits per heavy atom. The average molecular weight is 247 g/mol. The van der Waals surface area contributed by atoms with Gasteiger partial charge in [0, 0.05) is 18.8 Å². The van der Waals surface area contributed by atoms with E-state index in [1.807, 2.05) is 6.07 Å². The Labute approximate surface area is 106 Å². The standard InChI is InChI=1S/C13H17N3S/c1-16-12-7-3-2-6-11(12)15-13(16)14-9-10-5-4-8-17-10/h2-3,6-7,10H,4-5,8-9H2,1H3,(H,14,15). The third-order valence-corrected chi connectivity index (χ3v) is 4.70. The molecule has 0 amide bonds. The lowest BCUT2D eigenvalue weighted by Gasteiger charge is -2.10. The molecule has 1 aliphatic rings. The van der Waals surface area contributed by atoms with Gasteiger partial charge in [-0.1, -0.05) is 12.1 Å². The van der Waals surface area contributed by atoms with Crippen LogP contribution >= 0.6 is 11.8 Å². The number of hydrogen-bond acceptors (Lipinski definition) is 3.